The number of benzene rings is 10. The van der Waals surface area contributed by atoms with Gasteiger partial charge in [0.15, 0.2) is 8.07 Å². The van der Waals surface area contributed by atoms with E-state index in [0.717, 1.165) is 61.6 Å². The number of fused-ring (bicyclic) bond motifs is 3. The fraction of sp³-hybridized carbons (Fsp3) is 0. The van der Waals surface area contributed by atoms with Crippen LogP contribution in [0.1, 0.15) is 0 Å². The van der Waals surface area contributed by atoms with E-state index in [1.54, 1.807) is 0 Å². The first-order valence-electron chi connectivity index (χ1n) is 22.1. The molecule has 0 radical (unpaired) electrons. The number of para-hydroxylation sites is 2. The Hall–Kier alpha value is -8.32. The summed E-state index contributed by atoms with van der Waals surface area (Å²) in [6, 6.07) is 88.9. The summed E-state index contributed by atoms with van der Waals surface area (Å²) in [6.07, 6.45) is 0. The zero-order chi connectivity index (χ0) is 44.5. The maximum absolute atomic E-state index is 14.6. The minimum absolute atomic E-state index is 0.287. The lowest BCUT2D eigenvalue weighted by Crippen LogP contribution is -2.74. The monoisotopic (exact) mass is 871 g/mol. The van der Waals surface area contributed by atoms with E-state index in [-0.39, 0.29) is 11.6 Å². The summed E-state index contributed by atoms with van der Waals surface area (Å²) in [4.78, 5) is 4.42. The minimum atomic E-state index is -2.90. The van der Waals surface area contributed by atoms with Gasteiger partial charge in [0.1, 0.15) is 11.6 Å². The lowest BCUT2D eigenvalue weighted by molar-refractivity contribution is 0.627. The van der Waals surface area contributed by atoms with Crippen LogP contribution in [0, 0.1) is 11.6 Å². The molecule has 0 unspecified atom stereocenters. The van der Waals surface area contributed by atoms with Gasteiger partial charge in [0.2, 0.25) is 0 Å². The van der Waals surface area contributed by atoms with Crippen molar-refractivity contribution in [2.75, 3.05) is 9.80 Å². The Morgan fingerprint density at radius 2 is 0.621 bits per heavy atom. The summed E-state index contributed by atoms with van der Waals surface area (Å²) in [7, 11) is -2.90. The summed E-state index contributed by atoms with van der Waals surface area (Å²) in [6.45, 7) is 0. The zero-order valence-electron chi connectivity index (χ0n) is 35.9. The van der Waals surface area contributed by atoms with E-state index in [2.05, 4.69) is 215 Å². The first kappa shape index (κ1) is 40.5. The van der Waals surface area contributed by atoms with Crippen LogP contribution >= 0.6 is 0 Å². The van der Waals surface area contributed by atoms with Gasteiger partial charge in [0, 0.05) is 50.6 Å². The van der Waals surface area contributed by atoms with E-state index in [9.17, 15) is 8.78 Å². The van der Waals surface area contributed by atoms with Crippen LogP contribution in [0.3, 0.4) is 0 Å². The van der Waals surface area contributed by atoms with Crippen molar-refractivity contribution >= 4 is 84.8 Å². The van der Waals surface area contributed by atoms with Crippen molar-refractivity contribution in [3.8, 4) is 5.69 Å². The highest BCUT2D eigenvalue weighted by atomic mass is 28.3. The highest BCUT2D eigenvalue weighted by Gasteiger charge is 2.41. The zero-order valence-corrected chi connectivity index (χ0v) is 36.9. The normalized spacial score (nSPS) is 11.5. The molecule has 66 heavy (non-hydrogen) atoms. The number of nitrogens with zero attached hydrogens (tertiary/aromatic N) is 3. The average Bonchev–Trinajstić information content (AvgIpc) is 3.70. The Morgan fingerprint density at radius 1 is 0.288 bits per heavy atom. The van der Waals surface area contributed by atoms with Gasteiger partial charge in [-0.3, -0.25) is 0 Å². The molecular formula is C60H43F2N3Si. The third kappa shape index (κ3) is 7.24. The van der Waals surface area contributed by atoms with Gasteiger partial charge in [-0.05, 0) is 142 Å². The minimum Gasteiger partial charge on any atom is -0.311 e. The van der Waals surface area contributed by atoms with Crippen LogP contribution in [0.25, 0.3) is 27.5 Å². The maximum Gasteiger partial charge on any atom is 0.179 e. The highest BCUT2D eigenvalue weighted by Crippen LogP contribution is 2.42. The largest absolute Gasteiger partial charge is 0.311 e. The Bertz CT molecular complexity index is 3270. The van der Waals surface area contributed by atoms with E-state index in [1.165, 1.54) is 45.0 Å². The molecule has 0 fully saturated rings. The maximum atomic E-state index is 14.6. The highest BCUT2D eigenvalue weighted by molar-refractivity contribution is 7.20. The molecule has 0 amide bonds. The molecule has 1 heterocycles. The first-order chi connectivity index (χ1) is 32.6. The summed E-state index contributed by atoms with van der Waals surface area (Å²) in [5.41, 5.74) is 8.60. The van der Waals surface area contributed by atoms with Crippen molar-refractivity contribution in [3.63, 3.8) is 0 Å². The lowest BCUT2D eigenvalue weighted by atomic mass is 10.1. The molecule has 0 aliphatic carbocycles. The van der Waals surface area contributed by atoms with E-state index >= 15 is 0 Å². The van der Waals surface area contributed by atoms with Crippen LogP contribution in [0.5, 0.6) is 0 Å². The SMILES string of the molecule is Fc1ccc(N(c2ccc(N(c3ccccc3)c3ccccc3)cc2)c2ccc3c(c2)c2cc([Si](c4ccccc4)(c4ccccc4)c4ccccc4)ccc2n3-c2ccc(F)cc2)cc1. The molecule has 11 rings (SSSR count). The number of halogens is 2. The number of aromatic nitrogens is 1. The van der Waals surface area contributed by atoms with E-state index < -0.39 is 8.07 Å². The second kappa shape index (κ2) is 17.3. The molecule has 0 aliphatic rings. The molecule has 0 spiro atoms. The van der Waals surface area contributed by atoms with Crippen molar-refractivity contribution in [1.29, 1.82) is 0 Å². The molecule has 11 aromatic rings. The molecular weight excluding hydrogens is 829 g/mol. The molecule has 1 aromatic heterocycles. The average molecular weight is 872 g/mol. The molecule has 0 aliphatic heterocycles. The Kier molecular flexibility index (Phi) is 10.6. The van der Waals surface area contributed by atoms with Gasteiger partial charge >= 0.3 is 0 Å². The van der Waals surface area contributed by atoms with Gasteiger partial charge in [0.05, 0.1) is 11.0 Å². The standard InChI is InChI=1S/C60H43F2N3Si/c61-44-26-30-48(31-27-44)64(50-36-34-49(35-37-50)63(46-16-6-1-7-17-46)47-18-8-2-9-19-47)52-38-40-59-57(42-52)58-43-56(39-41-60(58)65(59)51-32-28-45(62)29-33-51)66(53-20-10-3-11-21-53,54-22-12-4-13-23-54)55-24-14-5-15-25-55/h1-43H. The van der Waals surface area contributed by atoms with Crippen LogP contribution in [-0.4, -0.2) is 12.6 Å². The van der Waals surface area contributed by atoms with Gasteiger partial charge in [-0.15, -0.1) is 0 Å². The van der Waals surface area contributed by atoms with Crippen LogP contribution in [-0.2, 0) is 0 Å². The summed E-state index contributed by atoms with van der Waals surface area (Å²) < 4.78 is 31.4. The molecule has 0 bridgehead atoms. The van der Waals surface area contributed by atoms with Gasteiger partial charge in [-0.25, -0.2) is 8.78 Å². The second-order valence-corrected chi connectivity index (χ2v) is 20.2. The second-order valence-electron chi connectivity index (χ2n) is 16.4. The number of hydrogen-bond acceptors (Lipinski definition) is 2. The lowest BCUT2D eigenvalue weighted by Gasteiger charge is -2.34. The predicted molar refractivity (Wildman–Crippen MR) is 274 cm³/mol. The summed E-state index contributed by atoms with van der Waals surface area (Å²) in [5.74, 6) is -0.589. The molecule has 0 saturated heterocycles. The van der Waals surface area contributed by atoms with Crippen molar-refractivity contribution in [3.05, 3.63) is 272 Å². The van der Waals surface area contributed by atoms with Gasteiger partial charge < -0.3 is 14.4 Å². The van der Waals surface area contributed by atoms with E-state index in [1.807, 2.05) is 36.4 Å². The third-order valence-corrected chi connectivity index (χ3v) is 17.4. The quantitative estimate of drug-likeness (QED) is 0.0948. The Morgan fingerprint density at radius 3 is 1.08 bits per heavy atom. The fourth-order valence-electron chi connectivity index (χ4n) is 9.71. The molecule has 0 atom stereocenters. The van der Waals surface area contributed by atoms with Crippen molar-refractivity contribution in [2.45, 2.75) is 0 Å². The van der Waals surface area contributed by atoms with Gasteiger partial charge in [-0.2, -0.15) is 0 Å². The Labute approximate surface area is 384 Å². The number of hydrogen-bond donors (Lipinski definition) is 0. The summed E-state index contributed by atoms with van der Waals surface area (Å²) in [5, 5.41) is 7.21. The molecule has 3 nitrogen and oxygen atoms in total. The van der Waals surface area contributed by atoms with Gasteiger partial charge in [-0.1, -0.05) is 140 Å². The van der Waals surface area contributed by atoms with Crippen LogP contribution < -0.4 is 30.5 Å². The van der Waals surface area contributed by atoms with E-state index in [4.69, 9.17) is 0 Å². The van der Waals surface area contributed by atoms with Crippen molar-refractivity contribution < 1.29 is 8.78 Å². The topological polar surface area (TPSA) is 11.4 Å². The Balaban J connectivity index is 1.14. The number of rotatable bonds is 11. The third-order valence-electron chi connectivity index (χ3n) is 12.6. The summed E-state index contributed by atoms with van der Waals surface area (Å²) >= 11 is 0. The van der Waals surface area contributed by atoms with Gasteiger partial charge in [0.25, 0.3) is 0 Å². The molecule has 316 valence electrons. The first-order valence-corrected chi connectivity index (χ1v) is 24.1. The molecule has 0 saturated carbocycles. The van der Waals surface area contributed by atoms with Crippen LogP contribution in [0.2, 0.25) is 0 Å². The molecule has 10 aromatic carbocycles. The van der Waals surface area contributed by atoms with Crippen molar-refractivity contribution in [1.82, 2.24) is 4.57 Å². The smallest absolute Gasteiger partial charge is 0.179 e. The van der Waals surface area contributed by atoms with E-state index in [0.29, 0.717) is 0 Å². The predicted octanol–water partition coefficient (Wildman–Crippen LogP) is 13.4. The van der Waals surface area contributed by atoms with Crippen LogP contribution in [0.4, 0.5) is 42.9 Å². The van der Waals surface area contributed by atoms with Crippen LogP contribution in [0.15, 0.2) is 261 Å². The number of anilines is 6. The van der Waals surface area contributed by atoms with Crippen molar-refractivity contribution in [2.24, 2.45) is 0 Å². The molecule has 0 N–H and O–H groups in total. The molecule has 6 heteroatoms. The fourth-order valence-corrected chi connectivity index (χ4v) is 14.5.